The summed E-state index contributed by atoms with van der Waals surface area (Å²) in [4.78, 5) is 14.2. The number of H-pyrrole nitrogens is 1. The smallest absolute Gasteiger partial charge is 0.138 e. The Bertz CT molecular complexity index is 1140. The first-order chi connectivity index (χ1) is 13.7. The quantitative estimate of drug-likeness (QED) is 0.560. The number of hydrogen-bond donors (Lipinski definition) is 2. The monoisotopic (exact) mass is 375 g/mol. The first-order valence-electron chi connectivity index (χ1n) is 9.64. The van der Waals surface area contributed by atoms with Gasteiger partial charge in [0.05, 0.1) is 11.7 Å². The molecule has 0 amide bonds. The van der Waals surface area contributed by atoms with E-state index in [1.165, 1.54) is 5.56 Å². The molecule has 1 aliphatic heterocycles. The molecule has 142 valence electrons. The summed E-state index contributed by atoms with van der Waals surface area (Å²) < 4.78 is 13.6. The topological polar surface area (TPSA) is 70.8 Å². The summed E-state index contributed by atoms with van der Waals surface area (Å²) >= 11 is 0. The van der Waals surface area contributed by atoms with Crippen LogP contribution in [0.15, 0.2) is 48.8 Å². The SMILES string of the molecule is Nc1cc2c(cn1)[nH]c1ncc(-c3ccc(CN4CCCC(F)C4)cc3)cc12. The molecule has 0 bridgehead atoms. The van der Waals surface area contributed by atoms with Gasteiger partial charge in [-0.3, -0.25) is 4.90 Å². The highest BCUT2D eigenvalue weighted by atomic mass is 19.1. The second-order valence-corrected chi connectivity index (χ2v) is 7.57. The third-order valence-corrected chi connectivity index (χ3v) is 5.50. The number of benzene rings is 1. The van der Waals surface area contributed by atoms with E-state index >= 15 is 0 Å². The van der Waals surface area contributed by atoms with Crippen molar-refractivity contribution >= 4 is 27.8 Å². The minimum atomic E-state index is -0.689. The molecule has 5 rings (SSSR count). The molecule has 3 N–H and O–H groups in total. The Hall–Kier alpha value is -2.99. The van der Waals surface area contributed by atoms with Crippen LogP contribution in [0.4, 0.5) is 10.2 Å². The standard InChI is InChI=1S/C22H22FN5/c23-17-2-1-7-28(13-17)12-14-3-5-15(6-4-14)16-8-19-18-9-21(24)25-11-20(18)27-22(19)26-10-16/h3-6,8-11,17H,1-2,7,12-13H2,(H2,24,25)(H,26,27). The van der Waals surface area contributed by atoms with Gasteiger partial charge in [0.2, 0.25) is 0 Å². The molecule has 4 aromatic rings. The molecule has 0 aliphatic carbocycles. The number of nitrogens with zero attached hydrogens (tertiary/aromatic N) is 3. The van der Waals surface area contributed by atoms with Crippen LogP contribution < -0.4 is 5.73 Å². The Morgan fingerprint density at radius 3 is 2.75 bits per heavy atom. The predicted molar refractivity (Wildman–Crippen MR) is 111 cm³/mol. The molecular weight excluding hydrogens is 353 g/mol. The van der Waals surface area contributed by atoms with E-state index in [4.69, 9.17) is 5.73 Å². The largest absolute Gasteiger partial charge is 0.384 e. The summed E-state index contributed by atoms with van der Waals surface area (Å²) in [6.45, 7) is 2.31. The number of halogens is 1. The minimum Gasteiger partial charge on any atom is -0.384 e. The van der Waals surface area contributed by atoms with Crippen molar-refractivity contribution in [3.8, 4) is 11.1 Å². The zero-order chi connectivity index (χ0) is 19.1. The normalized spacial score (nSPS) is 18.1. The average molecular weight is 375 g/mol. The van der Waals surface area contributed by atoms with Crippen LogP contribution in [0.5, 0.6) is 0 Å². The van der Waals surface area contributed by atoms with Crippen LogP contribution in [0.1, 0.15) is 18.4 Å². The fourth-order valence-corrected chi connectivity index (χ4v) is 4.05. The van der Waals surface area contributed by atoms with E-state index in [-0.39, 0.29) is 0 Å². The van der Waals surface area contributed by atoms with Gasteiger partial charge < -0.3 is 10.7 Å². The molecule has 0 radical (unpaired) electrons. The van der Waals surface area contributed by atoms with E-state index in [1.54, 1.807) is 6.20 Å². The summed E-state index contributed by atoms with van der Waals surface area (Å²) in [5.74, 6) is 0.497. The second-order valence-electron chi connectivity index (χ2n) is 7.57. The number of rotatable bonds is 3. The van der Waals surface area contributed by atoms with Gasteiger partial charge in [-0.05, 0) is 42.6 Å². The van der Waals surface area contributed by atoms with Crippen molar-refractivity contribution in [1.82, 2.24) is 19.9 Å². The van der Waals surface area contributed by atoms with E-state index in [0.717, 1.165) is 52.6 Å². The Morgan fingerprint density at radius 1 is 1.07 bits per heavy atom. The van der Waals surface area contributed by atoms with E-state index < -0.39 is 6.17 Å². The van der Waals surface area contributed by atoms with Gasteiger partial charge in [-0.1, -0.05) is 24.3 Å². The van der Waals surface area contributed by atoms with Crippen molar-refractivity contribution in [3.05, 3.63) is 54.4 Å². The summed E-state index contributed by atoms with van der Waals surface area (Å²) in [5, 5.41) is 2.06. The van der Waals surface area contributed by atoms with E-state index in [1.807, 2.05) is 12.3 Å². The number of alkyl halides is 1. The highest BCUT2D eigenvalue weighted by molar-refractivity contribution is 6.07. The average Bonchev–Trinajstić information content (AvgIpc) is 3.06. The van der Waals surface area contributed by atoms with Crippen LogP contribution in [0.2, 0.25) is 0 Å². The van der Waals surface area contributed by atoms with Gasteiger partial charge in [-0.15, -0.1) is 0 Å². The van der Waals surface area contributed by atoms with Gasteiger partial charge >= 0.3 is 0 Å². The molecular formula is C22H22FN5. The highest BCUT2D eigenvalue weighted by Crippen LogP contribution is 2.29. The fourth-order valence-electron chi connectivity index (χ4n) is 4.05. The van der Waals surface area contributed by atoms with Gasteiger partial charge in [0.15, 0.2) is 0 Å². The summed E-state index contributed by atoms with van der Waals surface area (Å²) in [6, 6.07) is 12.5. The van der Waals surface area contributed by atoms with E-state index in [2.05, 4.69) is 50.2 Å². The Labute approximate surface area is 162 Å². The lowest BCUT2D eigenvalue weighted by Gasteiger charge is -2.28. The Balaban J connectivity index is 1.43. The molecule has 1 atom stereocenters. The van der Waals surface area contributed by atoms with Crippen LogP contribution in [-0.2, 0) is 6.54 Å². The zero-order valence-corrected chi connectivity index (χ0v) is 15.5. The summed E-state index contributed by atoms with van der Waals surface area (Å²) in [7, 11) is 0. The lowest BCUT2D eigenvalue weighted by molar-refractivity contribution is 0.133. The molecule has 5 nitrogen and oxygen atoms in total. The van der Waals surface area contributed by atoms with Crippen LogP contribution in [0.25, 0.3) is 33.1 Å². The van der Waals surface area contributed by atoms with Gasteiger partial charge in [0, 0.05) is 35.6 Å². The number of piperidine rings is 1. The number of aromatic amines is 1. The third kappa shape index (κ3) is 3.20. The number of nitrogens with two attached hydrogens (primary N) is 1. The number of hydrogen-bond acceptors (Lipinski definition) is 4. The van der Waals surface area contributed by atoms with Crippen molar-refractivity contribution in [3.63, 3.8) is 0 Å². The Morgan fingerprint density at radius 2 is 1.93 bits per heavy atom. The first-order valence-corrected chi connectivity index (χ1v) is 9.64. The van der Waals surface area contributed by atoms with Crippen LogP contribution in [0, 0.1) is 0 Å². The lowest BCUT2D eigenvalue weighted by Crippen LogP contribution is -2.35. The van der Waals surface area contributed by atoms with E-state index in [0.29, 0.717) is 18.8 Å². The number of fused-ring (bicyclic) bond motifs is 3. The third-order valence-electron chi connectivity index (χ3n) is 5.50. The van der Waals surface area contributed by atoms with Gasteiger partial charge in [-0.25, -0.2) is 14.4 Å². The Kier molecular flexibility index (Phi) is 4.20. The minimum absolute atomic E-state index is 0.497. The number of anilines is 1. The molecule has 1 unspecified atom stereocenters. The number of nitrogens with one attached hydrogen (secondary N) is 1. The molecule has 0 spiro atoms. The van der Waals surface area contributed by atoms with Crippen molar-refractivity contribution < 1.29 is 4.39 Å². The molecule has 0 saturated carbocycles. The van der Waals surface area contributed by atoms with Crippen molar-refractivity contribution in [1.29, 1.82) is 0 Å². The lowest BCUT2D eigenvalue weighted by atomic mass is 10.0. The van der Waals surface area contributed by atoms with Crippen LogP contribution in [-0.4, -0.2) is 39.1 Å². The van der Waals surface area contributed by atoms with Crippen LogP contribution in [0.3, 0.4) is 0 Å². The number of pyridine rings is 2. The first kappa shape index (κ1) is 17.1. The maximum atomic E-state index is 13.6. The molecule has 1 saturated heterocycles. The molecule has 4 heterocycles. The molecule has 1 fully saturated rings. The van der Waals surface area contributed by atoms with Gasteiger partial charge in [0.1, 0.15) is 17.6 Å². The molecule has 1 aromatic carbocycles. The zero-order valence-electron chi connectivity index (χ0n) is 15.5. The van der Waals surface area contributed by atoms with Crippen molar-refractivity contribution in [2.75, 3.05) is 18.8 Å². The molecule has 28 heavy (non-hydrogen) atoms. The highest BCUT2D eigenvalue weighted by Gasteiger charge is 2.19. The summed E-state index contributed by atoms with van der Waals surface area (Å²) in [5.41, 5.74) is 11.0. The fraction of sp³-hybridized carbons (Fsp3) is 0.273. The van der Waals surface area contributed by atoms with Crippen molar-refractivity contribution in [2.45, 2.75) is 25.6 Å². The maximum Gasteiger partial charge on any atom is 0.138 e. The van der Waals surface area contributed by atoms with Gasteiger partial charge in [-0.2, -0.15) is 0 Å². The maximum absolute atomic E-state index is 13.6. The number of nitrogen functional groups attached to an aromatic ring is 1. The summed E-state index contributed by atoms with van der Waals surface area (Å²) in [6.07, 6.45) is 4.56. The molecule has 1 aliphatic rings. The van der Waals surface area contributed by atoms with E-state index in [9.17, 15) is 4.39 Å². The van der Waals surface area contributed by atoms with Crippen molar-refractivity contribution in [2.24, 2.45) is 0 Å². The molecule has 3 aromatic heterocycles. The number of likely N-dealkylation sites (tertiary alicyclic amines) is 1. The predicted octanol–water partition coefficient (Wildman–Crippen LogP) is 4.29. The number of aromatic nitrogens is 3. The second kappa shape index (κ2) is 6.87. The molecule has 6 heteroatoms. The van der Waals surface area contributed by atoms with Crippen LogP contribution >= 0.6 is 0 Å². The van der Waals surface area contributed by atoms with Gasteiger partial charge in [0.25, 0.3) is 0 Å².